The molecule has 3 aromatic carbocycles. The molecule has 0 unspecified atom stereocenters. The molecule has 0 spiro atoms. The fourth-order valence-corrected chi connectivity index (χ4v) is 3.82. The SMILES string of the molecule is COc1ccc(C(=O)N(Cc2ccccc2)c2nc3ccccc3s2)cc1. The highest BCUT2D eigenvalue weighted by Crippen LogP contribution is 2.30. The van der Waals surface area contributed by atoms with E-state index in [0.29, 0.717) is 17.2 Å². The van der Waals surface area contributed by atoms with Crippen LogP contribution in [0, 0.1) is 0 Å². The van der Waals surface area contributed by atoms with Crippen LogP contribution in [-0.2, 0) is 6.54 Å². The van der Waals surface area contributed by atoms with Gasteiger partial charge in [-0.1, -0.05) is 53.8 Å². The summed E-state index contributed by atoms with van der Waals surface area (Å²) in [5, 5.41) is 0.695. The van der Waals surface area contributed by atoms with E-state index in [2.05, 4.69) is 4.98 Å². The van der Waals surface area contributed by atoms with Crippen LogP contribution in [-0.4, -0.2) is 18.0 Å². The Kier molecular flexibility index (Phi) is 4.85. The first kappa shape index (κ1) is 17.2. The monoisotopic (exact) mass is 374 g/mol. The summed E-state index contributed by atoms with van der Waals surface area (Å²) in [6.07, 6.45) is 0. The van der Waals surface area contributed by atoms with Crippen molar-refractivity contribution in [3.05, 3.63) is 90.0 Å². The van der Waals surface area contributed by atoms with Crippen LogP contribution in [0.4, 0.5) is 5.13 Å². The lowest BCUT2D eigenvalue weighted by molar-refractivity contribution is 0.0985. The first-order valence-electron chi connectivity index (χ1n) is 8.60. The quantitative estimate of drug-likeness (QED) is 0.485. The molecule has 0 aliphatic heterocycles. The van der Waals surface area contributed by atoms with E-state index in [1.807, 2.05) is 54.6 Å². The Balaban J connectivity index is 1.73. The fraction of sp³-hybridized carbons (Fsp3) is 0.0909. The van der Waals surface area contributed by atoms with Crippen LogP contribution in [0.2, 0.25) is 0 Å². The zero-order valence-corrected chi connectivity index (χ0v) is 15.6. The first-order chi connectivity index (χ1) is 13.2. The van der Waals surface area contributed by atoms with Crippen molar-refractivity contribution < 1.29 is 9.53 Å². The molecule has 1 amide bonds. The van der Waals surface area contributed by atoms with Crippen molar-refractivity contribution in [1.82, 2.24) is 4.98 Å². The minimum Gasteiger partial charge on any atom is -0.497 e. The molecule has 0 aliphatic rings. The second kappa shape index (κ2) is 7.60. The summed E-state index contributed by atoms with van der Waals surface area (Å²) >= 11 is 1.52. The molecule has 0 saturated carbocycles. The highest BCUT2D eigenvalue weighted by molar-refractivity contribution is 7.22. The number of fused-ring (bicyclic) bond motifs is 1. The molecule has 0 saturated heterocycles. The summed E-state index contributed by atoms with van der Waals surface area (Å²) in [7, 11) is 1.61. The molecule has 1 heterocycles. The third-order valence-electron chi connectivity index (χ3n) is 4.28. The van der Waals surface area contributed by atoms with Gasteiger partial charge in [0.25, 0.3) is 5.91 Å². The predicted molar refractivity (Wildman–Crippen MR) is 110 cm³/mol. The van der Waals surface area contributed by atoms with Crippen LogP contribution < -0.4 is 9.64 Å². The van der Waals surface area contributed by atoms with E-state index in [1.165, 1.54) is 11.3 Å². The number of aromatic nitrogens is 1. The van der Waals surface area contributed by atoms with Gasteiger partial charge < -0.3 is 4.74 Å². The molecular formula is C22H18N2O2S. The maximum Gasteiger partial charge on any atom is 0.260 e. The molecule has 5 heteroatoms. The molecule has 1 aromatic heterocycles. The Morgan fingerprint density at radius 2 is 1.67 bits per heavy atom. The average molecular weight is 374 g/mol. The number of ether oxygens (including phenoxy) is 1. The van der Waals surface area contributed by atoms with E-state index in [4.69, 9.17) is 4.74 Å². The van der Waals surface area contributed by atoms with Crippen LogP contribution in [0.5, 0.6) is 5.75 Å². The number of para-hydroxylation sites is 1. The minimum absolute atomic E-state index is 0.0828. The zero-order valence-electron chi connectivity index (χ0n) is 14.8. The molecular weight excluding hydrogens is 356 g/mol. The molecule has 4 nitrogen and oxygen atoms in total. The van der Waals surface area contributed by atoms with E-state index >= 15 is 0 Å². The van der Waals surface area contributed by atoms with Crippen molar-refractivity contribution in [2.45, 2.75) is 6.54 Å². The predicted octanol–water partition coefficient (Wildman–Crippen LogP) is 5.15. The lowest BCUT2D eigenvalue weighted by Crippen LogP contribution is -2.30. The number of carbonyl (C=O) groups excluding carboxylic acids is 1. The molecule has 0 fully saturated rings. The van der Waals surface area contributed by atoms with E-state index in [-0.39, 0.29) is 5.91 Å². The van der Waals surface area contributed by atoms with Crippen molar-refractivity contribution in [3.8, 4) is 5.75 Å². The smallest absolute Gasteiger partial charge is 0.260 e. The Hall–Kier alpha value is -3.18. The maximum atomic E-state index is 13.3. The molecule has 0 aliphatic carbocycles. The molecule has 0 atom stereocenters. The molecule has 134 valence electrons. The number of benzene rings is 3. The van der Waals surface area contributed by atoms with E-state index in [9.17, 15) is 4.79 Å². The molecule has 0 bridgehead atoms. The Morgan fingerprint density at radius 3 is 2.37 bits per heavy atom. The number of anilines is 1. The number of methoxy groups -OCH3 is 1. The molecule has 0 radical (unpaired) electrons. The summed E-state index contributed by atoms with van der Waals surface area (Å²) in [6, 6.07) is 25.0. The van der Waals surface area contributed by atoms with Gasteiger partial charge in [0, 0.05) is 5.56 Å². The van der Waals surface area contributed by atoms with Gasteiger partial charge in [-0.25, -0.2) is 4.98 Å². The third-order valence-corrected chi connectivity index (χ3v) is 5.34. The number of hydrogen-bond donors (Lipinski definition) is 0. The largest absolute Gasteiger partial charge is 0.497 e. The van der Waals surface area contributed by atoms with Crippen LogP contribution in [0.1, 0.15) is 15.9 Å². The number of thiazole rings is 1. The maximum absolute atomic E-state index is 13.3. The van der Waals surface area contributed by atoms with E-state index in [1.54, 1.807) is 36.3 Å². The van der Waals surface area contributed by atoms with E-state index in [0.717, 1.165) is 21.5 Å². The number of hydrogen-bond acceptors (Lipinski definition) is 4. The van der Waals surface area contributed by atoms with Gasteiger partial charge in [-0.05, 0) is 42.0 Å². The minimum atomic E-state index is -0.0828. The standard InChI is InChI=1S/C22H18N2O2S/c1-26-18-13-11-17(12-14-18)21(25)24(15-16-7-3-2-4-8-16)22-23-19-9-5-6-10-20(19)27-22/h2-14H,15H2,1H3. The number of carbonyl (C=O) groups is 1. The zero-order chi connectivity index (χ0) is 18.6. The van der Waals surface area contributed by atoms with Crippen LogP contribution in [0.25, 0.3) is 10.2 Å². The van der Waals surface area contributed by atoms with Crippen LogP contribution in [0.3, 0.4) is 0 Å². The summed E-state index contributed by atoms with van der Waals surface area (Å²) < 4.78 is 6.26. The highest BCUT2D eigenvalue weighted by Gasteiger charge is 2.21. The molecule has 4 aromatic rings. The van der Waals surface area contributed by atoms with Gasteiger partial charge in [0.05, 0.1) is 23.9 Å². The summed E-state index contributed by atoms with van der Waals surface area (Å²) in [4.78, 5) is 19.7. The van der Waals surface area contributed by atoms with Gasteiger partial charge in [0.2, 0.25) is 0 Å². The summed E-state index contributed by atoms with van der Waals surface area (Å²) in [6.45, 7) is 0.464. The van der Waals surface area contributed by atoms with Crippen molar-refractivity contribution in [2.75, 3.05) is 12.0 Å². The van der Waals surface area contributed by atoms with Crippen LogP contribution in [0.15, 0.2) is 78.9 Å². The second-order valence-corrected chi connectivity index (χ2v) is 7.08. The van der Waals surface area contributed by atoms with Crippen molar-refractivity contribution in [1.29, 1.82) is 0 Å². The Labute approximate surface area is 161 Å². The van der Waals surface area contributed by atoms with Gasteiger partial charge in [-0.15, -0.1) is 0 Å². The molecule has 0 N–H and O–H groups in total. The topological polar surface area (TPSA) is 42.4 Å². The number of nitrogens with zero attached hydrogens (tertiary/aromatic N) is 2. The van der Waals surface area contributed by atoms with Gasteiger partial charge in [0.1, 0.15) is 5.75 Å². The normalized spacial score (nSPS) is 10.7. The lowest BCUT2D eigenvalue weighted by Gasteiger charge is -2.20. The van der Waals surface area contributed by atoms with Crippen molar-refractivity contribution in [3.63, 3.8) is 0 Å². The van der Waals surface area contributed by atoms with Gasteiger partial charge >= 0.3 is 0 Å². The fourth-order valence-electron chi connectivity index (χ4n) is 2.86. The second-order valence-electron chi connectivity index (χ2n) is 6.07. The Morgan fingerprint density at radius 1 is 0.963 bits per heavy atom. The van der Waals surface area contributed by atoms with Crippen LogP contribution >= 0.6 is 11.3 Å². The van der Waals surface area contributed by atoms with Gasteiger partial charge in [0.15, 0.2) is 5.13 Å². The first-order valence-corrected chi connectivity index (χ1v) is 9.41. The summed E-state index contributed by atoms with van der Waals surface area (Å²) in [5.41, 5.74) is 2.56. The van der Waals surface area contributed by atoms with Gasteiger partial charge in [-0.2, -0.15) is 0 Å². The van der Waals surface area contributed by atoms with E-state index < -0.39 is 0 Å². The Bertz CT molecular complexity index is 1030. The molecule has 27 heavy (non-hydrogen) atoms. The van der Waals surface area contributed by atoms with Crippen molar-refractivity contribution >= 4 is 32.6 Å². The van der Waals surface area contributed by atoms with Crippen molar-refractivity contribution in [2.24, 2.45) is 0 Å². The third kappa shape index (κ3) is 3.68. The lowest BCUT2D eigenvalue weighted by atomic mass is 10.1. The highest BCUT2D eigenvalue weighted by atomic mass is 32.1. The molecule has 4 rings (SSSR count). The number of rotatable bonds is 5. The van der Waals surface area contributed by atoms with Gasteiger partial charge in [-0.3, -0.25) is 9.69 Å². The number of amides is 1. The average Bonchev–Trinajstić information content (AvgIpc) is 3.16. The summed E-state index contributed by atoms with van der Waals surface area (Å²) in [5.74, 6) is 0.640.